The lowest BCUT2D eigenvalue weighted by Gasteiger charge is -2.41. The van der Waals surface area contributed by atoms with Gasteiger partial charge in [0.2, 0.25) is 0 Å². The second-order valence-electron chi connectivity index (χ2n) is 13.8. The monoisotopic (exact) mass is 601 g/mol. The first-order valence-electron chi connectivity index (χ1n) is 17.0. The van der Waals surface area contributed by atoms with Gasteiger partial charge in [-0.3, -0.25) is 30.9 Å². The van der Waals surface area contributed by atoms with Crippen molar-refractivity contribution in [2.45, 2.75) is 127 Å². The maximum Gasteiger partial charge on any atom is 0.349 e. The summed E-state index contributed by atoms with van der Waals surface area (Å²) in [6.45, 7) is 6.36. The molecule has 2 saturated carbocycles. The van der Waals surface area contributed by atoms with Crippen LogP contribution in [0.4, 0.5) is 0 Å². The molecule has 240 valence electrons. The summed E-state index contributed by atoms with van der Waals surface area (Å²) in [5.74, 6) is -0.456. The highest BCUT2D eigenvalue weighted by molar-refractivity contribution is 6.23. The Labute approximate surface area is 256 Å². The van der Waals surface area contributed by atoms with E-state index in [1.807, 2.05) is 7.05 Å². The quantitative estimate of drug-likeness (QED) is 0.0747. The minimum atomic E-state index is -1.79. The fourth-order valence-corrected chi connectivity index (χ4v) is 8.57. The number of rotatable bonds is 11. The van der Waals surface area contributed by atoms with Gasteiger partial charge >= 0.3 is 11.9 Å². The lowest BCUT2D eigenvalue weighted by Crippen LogP contribution is -2.95. The third kappa shape index (κ3) is 6.03. The van der Waals surface area contributed by atoms with Crippen LogP contribution in [0.1, 0.15) is 104 Å². The van der Waals surface area contributed by atoms with Gasteiger partial charge in [-0.1, -0.05) is 50.7 Å². The van der Waals surface area contributed by atoms with E-state index in [1.54, 1.807) is 0 Å². The number of carbonyl (C=O) groups excluding carboxylic acids is 3. The first-order chi connectivity index (χ1) is 20.7. The number of nitrogens with one attached hydrogen (secondary N) is 3. The van der Waals surface area contributed by atoms with Crippen molar-refractivity contribution in [2.24, 2.45) is 23.5 Å². The van der Waals surface area contributed by atoms with E-state index in [9.17, 15) is 14.4 Å². The predicted octanol–water partition coefficient (Wildman–Crippen LogP) is 0.339. The minimum Gasteiger partial charge on any atom is -0.463 e. The summed E-state index contributed by atoms with van der Waals surface area (Å²) in [7, 11) is 1.92. The van der Waals surface area contributed by atoms with E-state index in [4.69, 9.17) is 15.2 Å². The third-order valence-electron chi connectivity index (χ3n) is 10.9. The molecule has 7 atom stereocenters. The molecule has 3 saturated heterocycles. The molecule has 0 bridgehead atoms. The zero-order valence-corrected chi connectivity index (χ0v) is 26.6. The summed E-state index contributed by atoms with van der Waals surface area (Å²) in [6.07, 6.45) is 14.1. The number of Topliss-reactive ketones (excluding diaryl/α,β-unsaturated/α-hetero) is 2. The summed E-state index contributed by atoms with van der Waals surface area (Å²) in [6, 6.07) is 0. The molecule has 10 nitrogen and oxygen atoms in total. The molecule has 0 aromatic heterocycles. The number of ketones is 2. The molecule has 5 aliphatic rings. The Bertz CT molecular complexity index is 1120. The standard InChI is InChI=1S/C33H53N5O5/c1-4-5-6-9-19-42-29(41)33-28(40)25-12-8-7-11-24(25)27(39)32(33,43-33)16-13-22(2)21-31(23-14-18-36-26(34)20-23)15-10-17-37-30(35-3)38-31/h13,23-26,36H,4-12,14-21,34H2,1-3H3,(H2,35,37,38)/p+2/t23?,24?,25?,26?,31-,32+,33+/m1/s1. The second kappa shape index (κ2) is 13.4. The van der Waals surface area contributed by atoms with E-state index in [0.717, 1.165) is 95.3 Å². The number of carbonyl (C=O) groups is 3. The van der Waals surface area contributed by atoms with Gasteiger partial charge in [-0.15, -0.1) is 0 Å². The van der Waals surface area contributed by atoms with Crippen molar-refractivity contribution in [1.29, 1.82) is 0 Å². The molecule has 2 aliphatic carbocycles. The highest BCUT2D eigenvalue weighted by Gasteiger charge is 2.86. The van der Waals surface area contributed by atoms with E-state index in [1.165, 1.54) is 0 Å². The fraction of sp³-hybridized carbons (Fsp3) is 0.818. The van der Waals surface area contributed by atoms with E-state index in [-0.39, 0.29) is 42.2 Å². The van der Waals surface area contributed by atoms with Gasteiger partial charge < -0.3 is 14.8 Å². The van der Waals surface area contributed by atoms with Crippen LogP contribution in [0.15, 0.2) is 11.6 Å². The summed E-state index contributed by atoms with van der Waals surface area (Å²) in [4.78, 5) is 45.0. The lowest BCUT2D eigenvalue weighted by molar-refractivity contribution is -0.699. The molecule has 0 radical (unpaired) electrons. The number of hydrogen-bond acceptors (Lipinski definition) is 6. The molecule has 7 N–H and O–H groups in total. The second-order valence-corrected chi connectivity index (χ2v) is 13.8. The molecule has 10 heteroatoms. The number of nitrogens with two attached hydrogens (primary N) is 2. The summed E-state index contributed by atoms with van der Waals surface area (Å²) >= 11 is 0. The summed E-state index contributed by atoms with van der Waals surface area (Å²) < 4.78 is 11.9. The maximum absolute atomic E-state index is 14.1. The largest absolute Gasteiger partial charge is 0.463 e. The van der Waals surface area contributed by atoms with Crippen LogP contribution < -0.4 is 26.7 Å². The molecule has 3 heterocycles. The number of ether oxygens (including phenoxy) is 2. The van der Waals surface area contributed by atoms with Crippen molar-refractivity contribution in [3.05, 3.63) is 11.6 Å². The molecule has 0 amide bonds. The zero-order valence-electron chi connectivity index (χ0n) is 26.6. The molecule has 0 spiro atoms. The van der Waals surface area contributed by atoms with Crippen LogP contribution in [-0.4, -0.2) is 73.1 Å². The van der Waals surface area contributed by atoms with E-state index in [0.29, 0.717) is 18.8 Å². The van der Waals surface area contributed by atoms with Crippen molar-refractivity contribution in [3.63, 3.8) is 0 Å². The van der Waals surface area contributed by atoms with Gasteiger partial charge in [-0.2, -0.15) is 0 Å². The number of fused-ring (bicyclic) bond motifs is 2. The number of guanidine groups is 1. The van der Waals surface area contributed by atoms with Crippen molar-refractivity contribution in [3.8, 4) is 0 Å². The molecule has 0 aromatic carbocycles. The van der Waals surface area contributed by atoms with Crippen LogP contribution in [-0.2, 0) is 23.9 Å². The van der Waals surface area contributed by atoms with Crippen LogP contribution in [0.5, 0.6) is 0 Å². The Morgan fingerprint density at radius 2 is 1.91 bits per heavy atom. The van der Waals surface area contributed by atoms with Gasteiger partial charge in [0.15, 0.2) is 17.2 Å². The minimum absolute atomic E-state index is 0.0742. The SMILES string of the molecule is CCCCCCOC(=O)[C@]12O[C@@]1(CC=C(C)C[C@@]1(C3CC[NH2+]C(N)C3)CCCNC(=[NH+]C)N1)C(=O)C1CCCCC1C2=O. The topological polar surface area (TPSA) is 154 Å². The Balaban J connectivity index is 1.39. The van der Waals surface area contributed by atoms with Crippen molar-refractivity contribution in [2.75, 3.05) is 26.7 Å². The van der Waals surface area contributed by atoms with Gasteiger partial charge in [0, 0.05) is 43.4 Å². The third-order valence-corrected chi connectivity index (χ3v) is 10.9. The normalized spacial score (nSPS) is 38.8. The smallest absolute Gasteiger partial charge is 0.349 e. The molecule has 4 unspecified atom stereocenters. The number of esters is 1. The number of hydrogen-bond donors (Lipinski definition) is 5. The maximum atomic E-state index is 14.1. The van der Waals surface area contributed by atoms with Crippen molar-refractivity contribution in [1.82, 2.24) is 10.6 Å². The van der Waals surface area contributed by atoms with Gasteiger partial charge in [0.25, 0.3) is 5.60 Å². The average Bonchev–Trinajstić information content (AvgIpc) is 3.76. The van der Waals surface area contributed by atoms with Gasteiger partial charge in [0.05, 0.1) is 32.3 Å². The highest BCUT2D eigenvalue weighted by Crippen LogP contribution is 2.61. The lowest BCUT2D eigenvalue weighted by atomic mass is 9.61. The molecule has 5 rings (SSSR count). The van der Waals surface area contributed by atoms with E-state index in [2.05, 4.69) is 40.9 Å². The number of unbranched alkanes of at least 4 members (excludes halogenated alkanes) is 3. The molecule has 3 aliphatic heterocycles. The van der Waals surface area contributed by atoms with Crippen molar-refractivity contribution < 1.29 is 34.2 Å². The summed E-state index contributed by atoms with van der Waals surface area (Å²) in [5, 5.41) is 9.53. The van der Waals surface area contributed by atoms with Gasteiger partial charge in [-0.25, -0.2) is 4.79 Å². The van der Waals surface area contributed by atoms with Crippen molar-refractivity contribution >= 4 is 23.5 Å². The first kappa shape index (κ1) is 32.1. The Morgan fingerprint density at radius 3 is 2.63 bits per heavy atom. The first-order valence-corrected chi connectivity index (χ1v) is 17.0. The Morgan fingerprint density at radius 1 is 1.14 bits per heavy atom. The van der Waals surface area contributed by atoms with Crippen LogP contribution in [0.3, 0.4) is 0 Å². The van der Waals surface area contributed by atoms with Crippen LogP contribution >= 0.6 is 0 Å². The molecule has 0 aromatic rings. The number of epoxide rings is 1. The number of piperidine rings is 1. The molecular weight excluding hydrogens is 546 g/mol. The summed E-state index contributed by atoms with van der Waals surface area (Å²) in [5.41, 5.74) is 4.11. The van der Waals surface area contributed by atoms with Crippen LogP contribution in [0.2, 0.25) is 0 Å². The van der Waals surface area contributed by atoms with Gasteiger partial charge in [-0.05, 0) is 39.0 Å². The number of quaternary nitrogens is 1. The average molecular weight is 602 g/mol. The Kier molecular flexibility index (Phi) is 9.98. The van der Waals surface area contributed by atoms with Crippen LogP contribution in [0, 0.1) is 17.8 Å². The van der Waals surface area contributed by atoms with Gasteiger partial charge in [0.1, 0.15) is 6.17 Å². The van der Waals surface area contributed by atoms with E-state index < -0.39 is 23.1 Å². The highest BCUT2D eigenvalue weighted by atomic mass is 16.7. The predicted molar refractivity (Wildman–Crippen MR) is 163 cm³/mol. The zero-order chi connectivity index (χ0) is 30.7. The molecule has 5 fully saturated rings. The van der Waals surface area contributed by atoms with E-state index >= 15 is 0 Å². The Hall–Kier alpha value is -2.30. The fourth-order valence-electron chi connectivity index (χ4n) is 8.57. The molecular formula is C33H55N5O5+2. The molecule has 43 heavy (non-hydrogen) atoms. The van der Waals surface area contributed by atoms with Crippen LogP contribution in [0.25, 0.3) is 0 Å².